The van der Waals surface area contributed by atoms with Gasteiger partial charge >= 0.3 is 0 Å². The molecule has 0 aliphatic rings. The fourth-order valence-corrected chi connectivity index (χ4v) is 1.26. The molecule has 0 atom stereocenters. The van der Waals surface area contributed by atoms with Crippen LogP contribution in [0, 0.1) is 0 Å². The van der Waals surface area contributed by atoms with E-state index in [2.05, 4.69) is 28.9 Å². The first-order chi connectivity index (χ1) is 7.77. The molecule has 5 heteroatoms. The minimum atomic E-state index is 0.635. The summed E-state index contributed by atoms with van der Waals surface area (Å²) in [4.78, 5) is 0. The summed E-state index contributed by atoms with van der Waals surface area (Å²) in [6.07, 6.45) is 0.852. The SMILES string of the molecule is C=C(NN=S)c1ccc(OCCCN)cc1. The molecule has 0 unspecified atom stereocenters. The van der Waals surface area contributed by atoms with E-state index in [1.54, 1.807) is 0 Å². The summed E-state index contributed by atoms with van der Waals surface area (Å²) < 4.78 is 8.85. The molecule has 0 heterocycles. The van der Waals surface area contributed by atoms with Gasteiger partial charge < -0.3 is 10.5 Å². The lowest BCUT2D eigenvalue weighted by molar-refractivity contribution is 0.313. The Morgan fingerprint density at radius 1 is 1.44 bits per heavy atom. The van der Waals surface area contributed by atoms with Crippen molar-refractivity contribution in [2.45, 2.75) is 6.42 Å². The number of benzene rings is 1. The van der Waals surface area contributed by atoms with Gasteiger partial charge in [0, 0.05) is 0 Å². The zero-order valence-electron chi connectivity index (χ0n) is 8.98. The van der Waals surface area contributed by atoms with Crippen molar-refractivity contribution in [1.82, 2.24) is 5.43 Å². The molecule has 0 saturated heterocycles. The highest BCUT2D eigenvalue weighted by Gasteiger charge is 1.98. The number of hydrogen-bond acceptors (Lipinski definition) is 4. The van der Waals surface area contributed by atoms with Crippen LogP contribution in [0.3, 0.4) is 0 Å². The molecule has 0 aliphatic carbocycles. The van der Waals surface area contributed by atoms with Crippen LogP contribution in [0.1, 0.15) is 12.0 Å². The lowest BCUT2D eigenvalue weighted by Gasteiger charge is -2.07. The molecule has 1 aromatic carbocycles. The lowest BCUT2D eigenvalue weighted by Crippen LogP contribution is -2.06. The summed E-state index contributed by atoms with van der Waals surface area (Å²) in [5, 5.41) is 0. The number of hydrogen-bond donors (Lipinski definition) is 2. The predicted octanol–water partition coefficient (Wildman–Crippen LogP) is 1.62. The molecule has 1 aromatic rings. The highest BCUT2D eigenvalue weighted by atomic mass is 32.1. The average molecular weight is 237 g/mol. The van der Waals surface area contributed by atoms with Crippen LogP contribution < -0.4 is 15.9 Å². The third-order valence-corrected chi connectivity index (χ3v) is 2.09. The molecule has 4 nitrogen and oxygen atoms in total. The summed E-state index contributed by atoms with van der Waals surface area (Å²) in [5.41, 5.74) is 9.59. The highest BCUT2D eigenvalue weighted by Crippen LogP contribution is 2.16. The van der Waals surface area contributed by atoms with E-state index in [-0.39, 0.29) is 0 Å². The van der Waals surface area contributed by atoms with Crippen molar-refractivity contribution >= 4 is 18.1 Å². The van der Waals surface area contributed by atoms with Gasteiger partial charge in [-0.3, -0.25) is 5.43 Å². The second kappa shape index (κ2) is 6.92. The van der Waals surface area contributed by atoms with Crippen molar-refractivity contribution < 1.29 is 4.74 Å². The van der Waals surface area contributed by atoms with Gasteiger partial charge in [-0.2, -0.15) is 0 Å². The molecule has 86 valence electrons. The number of ether oxygens (including phenoxy) is 1. The number of nitrogens with one attached hydrogen (secondary N) is 1. The number of nitrogens with two attached hydrogens (primary N) is 1. The Morgan fingerprint density at radius 2 is 2.12 bits per heavy atom. The van der Waals surface area contributed by atoms with E-state index in [0.717, 1.165) is 17.7 Å². The van der Waals surface area contributed by atoms with E-state index in [0.29, 0.717) is 18.8 Å². The molecule has 0 radical (unpaired) electrons. The third kappa shape index (κ3) is 3.96. The Balaban J connectivity index is 2.53. The van der Waals surface area contributed by atoms with Crippen molar-refractivity contribution in [2.24, 2.45) is 10.2 Å². The maximum Gasteiger partial charge on any atom is 0.119 e. The van der Waals surface area contributed by atoms with Crippen molar-refractivity contribution in [3.05, 3.63) is 36.4 Å². The summed E-state index contributed by atoms with van der Waals surface area (Å²) in [7, 11) is 0. The van der Waals surface area contributed by atoms with Gasteiger partial charge in [-0.25, -0.2) is 0 Å². The van der Waals surface area contributed by atoms with Crippen LogP contribution in [-0.2, 0) is 12.4 Å². The van der Waals surface area contributed by atoms with Gasteiger partial charge in [-0.1, -0.05) is 6.58 Å². The lowest BCUT2D eigenvalue weighted by atomic mass is 10.2. The molecular formula is C11H15N3OS. The maximum atomic E-state index is 5.47. The molecule has 0 amide bonds. The van der Waals surface area contributed by atoms with Crippen LogP contribution in [0.15, 0.2) is 35.3 Å². The summed E-state index contributed by atoms with van der Waals surface area (Å²) in [6, 6.07) is 7.55. The third-order valence-electron chi connectivity index (χ3n) is 2.00. The van der Waals surface area contributed by atoms with Crippen molar-refractivity contribution in [2.75, 3.05) is 13.2 Å². The molecule has 0 fully saturated rings. The standard InChI is InChI=1S/C11H15N3OS/c1-9(13-14-16)10-3-5-11(6-4-10)15-8-2-7-12/h3-6H,1-2,7-8,12H2,(H,13,16). The monoisotopic (exact) mass is 237 g/mol. The predicted molar refractivity (Wildman–Crippen MR) is 67.6 cm³/mol. The van der Waals surface area contributed by atoms with E-state index < -0.39 is 0 Å². The fraction of sp³-hybridized carbons (Fsp3) is 0.273. The van der Waals surface area contributed by atoms with E-state index in [1.165, 1.54) is 0 Å². The van der Waals surface area contributed by atoms with Gasteiger partial charge in [0.25, 0.3) is 0 Å². The smallest absolute Gasteiger partial charge is 0.119 e. The summed E-state index contributed by atoms with van der Waals surface area (Å²) in [5.74, 6) is 0.820. The molecular weight excluding hydrogens is 222 g/mol. The fourth-order valence-electron chi connectivity index (χ4n) is 1.15. The molecule has 0 aliphatic heterocycles. The zero-order chi connectivity index (χ0) is 11.8. The second-order valence-corrected chi connectivity index (χ2v) is 3.38. The van der Waals surface area contributed by atoms with Crippen LogP contribution in [0.2, 0.25) is 0 Å². The molecule has 3 N–H and O–H groups in total. The van der Waals surface area contributed by atoms with E-state index in [4.69, 9.17) is 10.5 Å². The Bertz CT molecular complexity index is 351. The zero-order valence-corrected chi connectivity index (χ0v) is 9.80. The number of rotatable bonds is 7. The largest absolute Gasteiger partial charge is 0.494 e. The molecule has 0 aromatic heterocycles. The Labute approximate surface area is 101 Å². The normalized spacial score (nSPS) is 9.56. The summed E-state index contributed by atoms with van der Waals surface area (Å²) in [6.45, 7) is 5.06. The second-order valence-electron chi connectivity index (χ2n) is 3.20. The Hall–Kier alpha value is -1.46. The van der Waals surface area contributed by atoms with Gasteiger partial charge in [0.15, 0.2) is 0 Å². The van der Waals surface area contributed by atoms with Crippen LogP contribution in [-0.4, -0.2) is 13.2 Å². The maximum absolute atomic E-state index is 5.47. The molecule has 16 heavy (non-hydrogen) atoms. The first-order valence-corrected chi connectivity index (χ1v) is 5.35. The van der Waals surface area contributed by atoms with E-state index in [1.807, 2.05) is 24.3 Å². The van der Waals surface area contributed by atoms with Gasteiger partial charge in [-0.15, -0.1) is 4.47 Å². The minimum Gasteiger partial charge on any atom is -0.494 e. The molecule has 0 spiro atoms. The number of nitrogens with zero attached hydrogens (tertiary/aromatic N) is 1. The molecule has 0 bridgehead atoms. The average Bonchev–Trinajstić information content (AvgIpc) is 2.30. The first kappa shape index (κ1) is 12.6. The van der Waals surface area contributed by atoms with Gasteiger partial charge in [0.2, 0.25) is 0 Å². The Kier molecular flexibility index (Phi) is 5.45. The van der Waals surface area contributed by atoms with Gasteiger partial charge in [-0.05, 0) is 42.8 Å². The minimum absolute atomic E-state index is 0.635. The van der Waals surface area contributed by atoms with Crippen LogP contribution in [0.5, 0.6) is 5.75 Å². The quantitative estimate of drug-likeness (QED) is 0.559. The molecule has 1 rings (SSSR count). The van der Waals surface area contributed by atoms with Crippen LogP contribution >= 0.6 is 0 Å². The summed E-state index contributed by atoms with van der Waals surface area (Å²) >= 11 is 4.44. The Morgan fingerprint density at radius 3 is 2.69 bits per heavy atom. The van der Waals surface area contributed by atoms with Crippen molar-refractivity contribution in [3.63, 3.8) is 0 Å². The van der Waals surface area contributed by atoms with Crippen LogP contribution in [0.4, 0.5) is 0 Å². The van der Waals surface area contributed by atoms with E-state index >= 15 is 0 Å². The highest BCUT2D eigenvalue weighted by molar-refractivity contribution is 7.47. The van der Waals surface area contributed by atoms with Gasteiger partial charge in [0.05, 0.1) is 24.7 Å². The van der Waals surface area contributed by atoms with Gasteiger partial charge in [0.1, 0.15) is 5.75 Å². The van der Waals surface area contributed by atoms with Crippen LogP contribution in [0.25, 0.3) is 5.70 Å². The molecule has 0 saturated carbocycles. The van der Waals surface area contributed by atoms with Crippen molar-refractivity contribution in [1.29, 1.82) is 0 Å². The topological polar surface area (TPSA) is 59.6 Å². The first-order valence-electron chi connectivity index (χ1n) is 4.98. The van der Waals surface area contributed by atoms with Crippen molar-refractivity contribution in [3.8, 4) is 5.75 Å². The van der Waals surface area contributed by atoms with E-state index in [9.17, 15) is 0 Å².